The Balaban J connectivity index is 1.73. The largest absolute Gasteiger partial charge is 0.459 e. The minimum absolute atomic E-state index is 0.0547. The Morgan fingerprint density at radius 2 is 2.07 bits per heavy atom. The quantitative estimate of drug-likeness (QED) is 0.457. The van der Waals surface area contributed by atoms with E-state index < -0.39 is 22.7 Å². The van der Waals surface area contributed by atoms with Crippen LogP contribution in [-0.4, -0.2) is 27.5 Å². The summed E-state index contributed by atoms with van der Waals surface area (Å²) in [5.41, 5.74) is -0.755. The van der Waals surface area contributed by atoms with Crippen LogP contribution in [0, 0.1) is 0 Å². The summed E-state index contributed by atoms with van der Waals surface area (Å²) in [6.07, 6.45) is 0.0557. The maximum Gasteiger partial charge on any atom is 0.417 e. The predicted octanol–water partition coefficient (Wildman–Crippen LogP) is 5.45. The summed E-state index contributed by atoms with van der Waals surface area (Å²) in [6, 6.07) is 6.78. The van der Waals surface area contributed by atoms with E-state index >= 15 is 0 Å². The summed E-state index contributed by atoms with van der Waals surface area (Å²) in [5, 5.41) is 7.39. The van der Waals surface area contributed by atoms with E-state index in [2.05, 4.69) is 10.2 Å². The number of amides is 1. The molecule has 0 N–H and O–H groups in total. The molecule has 10 heteroatoms. The molecule has 0 aliphatic rings. The van der Waals surface area contributed by atoms with Crippen LogP contribution in [0.2, 0.25) is 5.02 Å². The maximum absolute atomic E-state index is 13.0. The molecule has 1 aromatic carbocycles. The number of alkyl halides is 3. The molecular weight excluding hydrogens is 423 g/mol. The average molecular weight is 440 g/mol. The lowest BCUT2D eigenvalue weighted by molar-refractivity contribution is -0.137. The molecule has 2 aromatic heterocycles. The second kappa shape index (κ2) is 9.17. The van der Waals surface area contributed by atoms with E-state index in [-0.39, 0.29) is 23.9 Å². The van der Waals surface area contributed by atoms with Crippen LogP contribution in [0.3, 0.4) is 0 Å². The average Bonchev–Trinajstić information content (AvgIpc) is 3.37. The summed E-state index contributed by atoms with van der Waals surface area (Å²) >= 11 is 5.62. The van der Waals surface area contributed by atoms with E-state index in [1.165, 1.54) is 29.4 Å². The lowest BCUT2D eigenvalue weighted by Crippen LogP contribution is -2.29. The molecule has 0 atom stereocenters. The normalized spacial score (nSPS) is 11.9. The van der Waals surface area contributed by atoms with Gasteiger partial charge in [-0.2, -0.15) is 13.2 Å². The van der Waals surface area contributed by atoms with Crippen LogP contribution in [0.5, 0.6) is 0 Å². The summed E-state index contributed by atoms with van der Waals surface area (Å²) in [5.74, 6) is 0.404. The highest BCUT2D eigenvalue weighted by Crippen LogP contribution is 2.35. The Bertz CT molecular complexity index is 1030. The third-order valence-electron chi connectivity index (χ3n) is 4.04. The molecule has 6 nitrogen and oxygen atoms in total. The highest BCUT2D eigenvalue weighted by Gasteiger charge is 2.33. The van der Waals surface area contributed by atoms with Gasteiger partial charge in [0.05, 0.1) is 23.4 Å². The van der Waals surface area contributed by atoms with Crippen molar-refractivity contribution >= 4 is 23.6 Å². The Hall–Kier alpha value is -3.07. The van der Waals surface area contributed by atoms with Crippen LogP contribution in [0.15, 0.2) is 51.5 Å². The number of hydrogen-bond donors (Lipinski definition) is 0. The Kier molecular flexibility index (Phi) is 6.61. The minimum atomic E-state index is -4.58. The first-order valence-electron chi connectivity index (χ1n) is 8.98. The van der Waals surface area contributed by atoms with Crippen molar-refractivity contribution in [1.82, 2.24) is 15.1 Å². The zero-order valence-corrected chi connectivity index (χ0v) is 16.6. The number of hydrogen-bond acceptors (Lipinski definition) is 5. The van der Waals surface area contributed by atoms with Gasteiger partial charge in [-0.3, -0.25) is 4.79 Å². The summed E-state index contributed by atoms with van der Waals surface area (Å²) < 4.78 is 49.7. The van der Waals surface area contributed by atoms with Gasteiger partial charge in [-0.25, -0.2) is 0 Å². The Labute approximate surface area is 174 Å². The lowest BCUT2D eigenvalue weighted by atomic mass is 10.1. The third-order valence-corrected chi connectivity index (χ3v) is 4.37. The van der Waals surface area contributed by atoms with Crippen molar-refractivity contribution in [1.29, 1.82) is 0 Å². The number of nitrogens with zero attached hydrogens (tertiary/aromatic N) is 3. The molecule has 3 rings (SSSR count). The second-order valence-electron chi connectivity index (χ2n) is 6.31. The molecule has 0 saturated carbocycles. The number of aromatic nitrogens is 2. The Morgan fingerprint density at radius 3 is 2.73 bits per heavy atom. The number of carbonyl (C=O) groups is 1. The number of rotatable bonds is 7. The van der Waals surface area contributed by atoms with Crippen LogP contribution in [0.4, 0.5) is 13.2 Å². The van der Waals surface area contributed by atoms with Crippen molar-refractivity contribution in [3.05, 3.63) is 64.7 Å². The van der Waals surface area contributed by atoms with Gasteiger partial charge in [0.1, 0.15) is 0 Å². The molecule has 0 unspecified atom stereocenters. The third kappa shape index (κ3) is 5.29. The van der Waals surface area contributed by atoms with E-state index in [1.807, 2.05) is 6.92 Å². The lowest BCUT2D eigenvalue weighted by Gasteiger charge is -2.18. The predicted molar refractivity (Wildman–Crippen MR) is 103 cm³/mol. The molecule has 1 amide bonds. The number of benzene rings is 1. The zero-order chi connectivity index (χ0) is 21.7. The molecule has 158 valence electrons. The summed E-state index contributed by atoms with van der Waals surface area (Å²) in [6.45, 7) is 2.34. The first-order chi connectivity index (χ1) is 14.3. The molecule has 2 heterocycles. The maximum atomic E-state index is 13.0. The van der Waals surface area contributed by atoms with Crippen LogP contribution < -0.4 is 0 Å². The Morgan fingerprint density at radius 1 is 1.27 bits per heavy atom. The fourth-order valence-electron chi connectivity index (χ4n) is 2.65. The number of carbonyl (C=O) groups excluding carboxylic acids is 1. The van der Waals surface area contributed by atoms with Crippen LogP contribution in [0.1, 0.15) is 30.4 Å². The first-order valence-corrected chi connectivity index (χ1v) is 9.35. The number of furan rings is 1. The molecule has 0 fully saturated rings. The van der Waals surface area contributed by atoms with Crippen molar-refractivity contribution in [3.63, 3.8) is 0 Å². The zero-order valence-electron chi connectivity index (χ0n) is 15.8. The van der Waals surface area contributed by atoms with Gasteiger partial charge in [0.2, 0.25) is 11.8 Å². The van der Waals surface area contributed by atoms with Crippen LogP contribution in [0.25, 0.3) is 17.7 Å². The van der Waals surface area contributed by atoms with Crippen molar-refractivity contribution in [2.75, 3.05) is 6.54 Å². The highest BCUT2D eigenvalue weighted by molar-refractivity contribution is 6.31. The van der Waals surface area contributed by atoms with Crippen molar-refractivity contribution in [2.24, 2.45) is 0 Å². The highest BCUT2D eigenvalue weighted by atomic mass is 35.5. The van der Waals surface area contributed by atoms with E-state index in [9.17, 15) is 18.0 Å². The number of halogens is 4. The van der Waals surface area contributed by atoms with Crippen LogP contribution >= 0.6 is 11.6 Å². The monoisotopic (exact) mass is 439 g/mol. The molecular formula is C20H17ClF3N3O3. The smallest absolute Gasteiger partial charge is 0.417 e. The van der Waals surface area contributed by atoms with Crippen molar-refractivity contribution in [2.45, 2.75) is 26.1 Å². The van der Waals surface area contributed by atoms with Crippen LogP contribution in [-0.2, 0) is 17.5 Å². The van der Waals surface area contributed by atoms with E-state index in [1.54, 1.807) is 12.1 Å². The SMILES string of the molecule is CCCN(Cc1nnc(-c2ccco2)o1)C(=O)/C=C/c1ccc(Cl)c(C(F)(F)F)c1. The molecule has 0 radical (unpaired) electrons. The molecule has 0 aliphatic carbocycles. The molecule has 3 aromatic rings. The second-order valence-corrected chi connectivity index (χ2v) is 6.72. The van der Waals surface area contributed by atoms with Gasteiger partial charge < -0.3 is 13.7 Å². The van der Waals surface area contributed by atoms with Gasteiger partial charge in [0.15, 0.2) is 5.76 Å². The van der Waals surface area contributed by atoms with Gasteiger partial charge in [0.25, 0.3) is 5.89 Å². The molecule has 0 bridgehead atoms. The molecule has 0 spiro atoms. The fourth-order valence-corrected chi connectivity index (χ4v) is 2.88. The fraction of sp³-hybridized carbons (Fsp3) is 0.250. The van der Waals surface area contributed by atoms with Gasteiger partial charge in [-0.1, -0.05) is 24.6 Å². The van der Waals surface area contributed by atoms with Gasteiger partial charge in [0, 0.05) is 12.6 Å². The standard InChI is InChI=1S/C20H17ClF3N3O3/c1-2-9-27(12-17-25-26-19(30-17)16-4-3-10-29-16)18(28)8-6-13-5-7-15(21)14(11-13)20(22,23)24/h3-8,10-11H,2,9,12H2,1H3/b8-6+. The molecule has 0 aliphatic heterocycles. The summed E-state index contributed by atoms with van der Waals surface area (Å²) in [7, 11) is 0. The molecule has 0 saturated heterocycles. The van der Waals surface area contributed by atoms with E-state index in [4.69, 9.17) is 20.4 Å². The minimum Gasteiger partial charge on any atom is -0.459 e. The van der Waals surface area contributed by atoms with Gasteiger partial charge in [-0.15, -0.1) is 10.2 Å². The van der Waals surface area contributed by atoms with E-state index in [0.29, 0.717) is 18.7 Å². The molecule has 30 heavy (non-hydrogen) atoms. The summed E-state index contributed by atoms with van der Waals surface area (Å²) in [4.78, 5) is 14.0. The van der Waals surface area contributed by atoms with Crippen molar-refractivity contribution in [3.8, 4) is 11.7 Å². The van der Waals surface area contributed by atoms with Gasteiger partial charge >= 0.3 is 6.18 Å². The first kappa shape index (κ1) is 21.6. The van der Waals surface area contributed by atoms with Crippen molar-refractivity contribution < 1.29 is 26.8 Å². The van der Waals surface area contributed by atoms with Gasteiger partial charge in [-0.05, 0) is 42.3 Å². The topological polar surface area (TPSA) is 72.4 Å². The van der Waals surface area contributed by atoms with E-state index in [0.717, 1.165) is 12.1 Å².